The molecule has 0 unspecified atom stereocenters. The number of aliphatic hydroxyl groups is 1. The van der Waals surface area contributed by atoms with Gasteiger partial charge in [0.1, 0.15) is 0 Å². The quantitative estimate of drug-likeness (QED) is 0.769. The first-order chi connectivity index (χ1) is 8.25. The molecule has 1 fully saturated rings. The lowest BCUT2D eigenvalue weighted by Gasteiger charge is -2.16. The molecule has 1 aromatic rings. The lowest BCUT2D eigenvalue weighted by molar-refractivity contribution is 0.0931. The highest BCUT2D eigenvalue weighted by atomic mass is 16.3. The second-order valence-electron chi connectivity index (χ2n) is 4.70. The number of amides is 1. The van der Waals surface area contributed by atoms with E-state index in [1.807, 2.05) is 30.3 Å². The zero-order valence-corrected chi connectivity index (χ0v) is 9.93. The third-order valence-corrected chi connectivity index (χ3v) is 3.31. The summed E-state index contributed by atoms with van der Waals surface area (Å²) in [5.41, 5.74) is 0.706. The van der Waals surface area contributed by atoms with Crippen LogP contribution < -0.4 is 5.32 Å². The number of rotatable bonds is 2. The molecule has 0 aromatic heterocycles. The average Bonchev–Trinajstić information content (AvgIpc) is 2.56. The molecule has 2 rings (SSSR count). The van der Waals surface area contributed by atoms with Crippen LogP contribution in [-0.4, -0.2) is 23.2 Å². The molecular formula is C14H19NO2. The Hall–Kier alpha value is -1.35. The third kappa shape index (κ3) is 3.56. The molecule has 3 nitrogen and oxygen atoms in total. The van der Waals surface area contributed by atoms with Gasteiger partial charge in [0.25, 0.3) is 5.91 Å². The third-order valence-electron chi connectivity index (χ3n) is 3.31. The first-order valence-corrected chi connectivity index (χ1v) is 6.29. The number of hydrogen-bond acceptors (Lipinski definition) is 2. The van der Waals surface area contributed by atoms with Gasteiger partial charge in [-0.25, -0.2) is 0 Å². The molecule has 3 heteroatoms. The van der Waals surface area contributed by atoms with Gasteiger partial charge < -0.3 is 10.4 Å². The van der Waals surface area contributed by atoms with Gasteiger partial charge in [-0.3, -0.25) is 4.79 Å². The van der Waals surface area contributed by atoms with Crippen LogP contribution in [0.5, 0.6) is 0 Å². The van der Waals surface area contributed by atoms with E-state index in [9.17, 15) is 9.90 Å². The predicted molar refractivity (Wildman–Crippen MR) is 66.8 cm³/mol. The molecule has 1 aliphatic rings. The number of hydrogen-bond donors (Lipinski definition) is 2. The average molecular weight is 233 g/mol. The largest absolute Gasteiger partial charge is 0.393 e. The lowest BCUT2D eigenvalue weighted by Crippen LogP contribution is -2.34. The molecule has 0 bridgehead atoms. The molecule has 1 aromatic carbocycles. The van der Waals surface area contributed by atoms with Gasteiger partial charge in [-0.05, 0) is 44.2 Å². The Morgan fingerprint density at radius 1 is 1.12 bits per heavy atom. The molecule has 17 heavy (non-hydrogen) atoms. The molecule has 1 saturated carbocycles. The highest BCUT2D eigenvalue weighted by molar-refractivity contribution is 5.94. The normalized spacial score (nSPS) is 25.0. The summed E-state index contributed by atoms with van der Waals surface area (Å²) in [7, 11) is 0. The smallest absolute Gasteiger partial charge is 0.251 e. The highest BCUT2D eigenvalue weighted by Gasteiger charge is 2.19. The van der Waals surface area contributed by atoms with Crippen LogP contribution in [0.1, 0.15) is 42.5 Å². The number of carbonyl (C=O) groups is 1. The van der Waals surface area contributed by atoms with E-state index >= 15 is 0 Å². The Bertz CT molecular complexity index is 364. The molecular weight excluding hydrogens is 214 g/mol. The van der Waals surface area contributed by atoms with Crippen LogP contribution in [0.15, 0.2) is 30.3 Å². The fourth-order valence-electron chi connectivity index (χ4n) is 2.28. The van der Waals surface area contributed by atoms with E-state index in [1.54, 1.807) is 0 Å². The summed E-state index contributed by atoms with van der Waals surface area (Å²) in [5, 5.41) is 12.6. The fraction of sp³-hybridized carbons (Fsp3) is 0.500. The Morgan fingerprint density at radius 2 is 1.88 bits per heavy atom. The van der Waals surface area contributed by atoms with Crippen LogP contribution in [-0.2, 0) is 0 Å². The summed E-state index contributed by atoms with van der Waals surface area (Å²) in [6.45, 7) is 0. The Labute approximate surface area is 102 Å². The summed E-state index contributed by atoms with van der Waals surface area (Å²) >= 11 is 0. The van der Waals surface area contributed by atoms with E-state index in [0.29, 0.717) is 5.56 Å². The van der Waals surface area contributed by atoms with Gasteiger partial charge in [0, 0.05) is 11.6 Å². The summed E-state index contributed by atoms with van der Waals surface area (Å²) in [4.78, 5) is 11.9. The molecule has 2 N–H and O–H groups in total. The first kappa shape index (κ1) is 12.1. The van der Waals surface area contributed by atoms with Crippen LogP contribution in [0, 0.1) is 0 Å². The fourth-order valence-corrected chi connectivity index (χ4v) is 2.28. The van der Waals surface area contributed by atoms with Crippen LogP contribution >= 0.6 is 0 Å². The Balaban J connectivity index is 1.90. The van der Waals surface area contributed by atoms with Crippen molar-refractivity contribution in [2.24, 2.45) is 0 Å². The second kappa shape index (κ2) is 5.82. The van der Waals surface area contributed by atoms with Crippen molar-refractivity contribution in [3.05, 3.63) is 35.9 Å². The van der Waals surface area contributed by atoms with E-state index in [2.05, 4.69) is 5.32 Å². The van der Waals surface area contributed by atoms with Gasteiger partial charge in [-0.1, -0.05) is 18.2 Å². The molecule has 0 radical (unpaired) electrons. The molecule has 1 aliphatic carbocycles. The Morgan fingerprint density at radius 3 is 2.65 bits per heavy atom. The number of benzene rings is 1. The zero-order valence-electron chi connectivity index (χ0n) is 9.93. The highest BCUT2D eigenvalue weighted by Crippen LogP contribution is 2.18. The van der Waals surface area contributed by atoms with Gasteiger partial charge in [0.05, 0.1) is 6.10 Å². The van der Waals surface area contributed by atoms with E-state index in [1.165, 1.54) is 0 Å². The first-order valence-electron chi connectivity index (χ1n) is 6.29. The number of carbonyl (C=O) groups excluding carboxylic acids is 1. The minimum absolute atomic E-state index is 0.00742. The van der Waals surface area contributed by atoms with Crippen LogP contribution in [0.25, 0.3) is 0 Å². The summed E-state index contributed by atoms with van der Waals surface area (Å²) < 4.78 is 0. The lowest BCUT2D eigenvalue weighted by atomic mass is 10.1. The molecule has 1 amide bonds. The number of aliphatic hydroxyl groups excluding tert-OH is 1. The zero-order chi connectivity index (χ0) is 12.1. The standard InChI is InChI=1S/C14H19NO2/c16-13-8-4-7-12(9-10-13)15-14(17)11-5-2-1-3-6-11/h1-3,5-6,12-13,16H,4,7-10H2,(H,15,17)/t12-,13-/m0/s1. The van der Waals surface area contributed by atoms with E-state index in [-0.39, 0.29) is 18.1 Å². The van der Waals surface area contributed by atoms with Gasteiger partial charge >= 0.3 is 0 Å². The van der Waals surface area contributed by atoms with Crippen molar-refractivity contribution in [1.82, 2.24) is 5.32 Å². The topological polar surface area (TPSA) is 49.3 Å². The van der Waals surface area contributed by atoms with Gasteiger partial charge in [0.2, 0.25) is 0 Å². The molecule has 0 aliphatic heterocycles. The van der Waals surface area contributed by atoms with Crippen LogP contribution in [0.3, 0.4) is 0 Å². The minimum Gasteiger partial charge on any atom is -0.393 e. The maximum atomic E-state index is 11.9. The molecule has 0 heterocycles. The van der Waals surface area contributed by atoms with E-state index < -0.39 is 0 Å². The van der Waals surface area contributed by atoms with Crippen molar-refractivity contribution >= 4 is 5.91 Å². The van der Waals surface area contributed by atoms with Crippen molar-refractivity contribution in [1.29, 1.82) is 0 Å². The van der Waals surface area contributed by atoms with Gasteiger partial charge in [-0.2, -0.15) is 0 Å². The molecule has 0 saturated heterocycles. The monoisotopic (exact) mass is 233 g/mol. The minimum atomic E-state index is -0.186. The summed E-state index contributed by atoms with van der Waals surface area (Å²) in [6, 6.07) is 9.48. The van der Waals surface area contributed by atoms with Crippen molar-refractivity contribution in [3.63, 3.8) is 0 Å². The van der Waals surface area contributed by atoms with Crippen molar-refractivity contribution < 1.29 is 9.90 Å². The maximum absolute atomic E-state index is 11.9. The molecule has 92 valence electrons. The molecule has 2 atom stereocenters. The van der Waals surface area contributed by atoms with Crippen molar-refractivity contribution in [3.8, 4) is 0 Å². The maximum Gasteiger partial charge on any atom is 0.251 e. The van der Waals surface area contributed by atoms with E-state index in [0.717, 1.165) is 32.1 Å². The Kier molecular flexibility index (Phi) is 4.15. The second-order valence-corrected chi connectivity index (χ2v) is 4.70. The van der Waals surface area contributed by atoms with Gasteiger partial charge in [0.15, 0.2) is 0 Å². The number of nitrogens with one attached hydrogen (secondary N) is 1. The van der Waals surface area contributed by atoms with Gasteiger partial charge in [-0.15, -0.1) is 0 Å². The van der Waals surface area contributed by atoms with Crippen molar-refractivity contribution in [2.75, 3.05) is 0 Å². The summed E-state index contributed by atoms with van der Waals surface area (Å²) in [6.07, 6.45) is 4.29. The SMILES string of the molecule is O=C(N[C@H]1CCC[C@H](O)CC1)c1ccccc1. The summed E-state index contributed by atoms with van der Waals surface area (Å²) in [5.74, 6) is -0.00742. The predicted octanol–water partition coefficient (Wildman–Crippen LogP) is 2.11. The van der Waals surface area contributed by atoms with E-state index in [4.69, 9.17) is 0 Å². The van der Waals surface area contributed by atoms with Crippen LogP contribution in [0.4, 0.5) is 0 Å². The van der Waals surface area contributed by atoms with Crippen LogP contribution in [0.2, 0.25) is 0 Å². The molecule has 0 spiro atoms. The van der Waals surface area contributed by atoms with Crippen molar-refractivity contribution in [2.45, 2.75) is 44.2 Å².